The first-order chi connectivity index (χ1) is 16.1. The van der Waals surface area contributed by atoms with Crippen molar-refractivity contribution in [2.45, 2.75) is 26.2 Å². The molecule has 7 heteroatoms. The Bertz CT molecular complexity index is 1280. The minimum atomic E-state index is -0.300. The Hall–Kier alpha value is -3.84. The van der Waals surface area contributed by atoms with Gasteiger partial charge in [0.1, 0.15) is 11.0 Å². The Kier molecular flexibility index (Phi) is 7.22. The summed E-state index contributed by atoms with van der Waals surface area (Å²) in [4.78, 5) is 13.8. The maximum Gasteiger partial charge on any atom is 0.250 e. The van der Waals surface area contributed by atoms with Crippen LogP contribution in [0.4, 0.5) is 5.69 Å². The highest BCUT2D eigenvalue weighted by atomic mass is 32.1. The lowest BCUT2D eigenvalue weighted by Gasteiger charge is -2.07. The molecule has 0 atom stereocenters. The van der Waals surface area contributed by atoms with Gasteiger partial charge in [-0.15, -0.1) is 10.2 Å². The molecule has 0 spiro atoms. The van der Waals surface area contributed by atoms with Crippen LogP contribution in [-0.2, 0) is 11.2 Å². The van der Waals surface area contributed by atoms with Gasteiger partial charge in [0.25, 0.3) is 0 Å². The molecule has 0 aliphatic carbocycles. The maximum atomic E-state index is 12.1. The summed E-state index contributed by atoms with van der Waals surface area (Å²) in [5.74, 6) is -0.300. The van der Waals surface area contributed by atoms with Crippen molar-refractivity contribution < 1.29 is 4.79 Å². The van der Waals surface area contributed by atoms with Crippen LogP contribution in [-0.4, -0.2) is 26.0 Å². The molecule has 3 aromatic carbocycles. The van der Waals surface area contributed by atoms with Crippen LogP contribution in [0.5, 0.6) is 0 Å². The summed E-state index contributed by atoms with van der Waals surface area (Å²) in [7, 11) is 0. The Morgan fingerprint density at radius 3 is 2.52 bits per heavy atom. The molecule has 166 valence electrons. The minimum Gasteiger partial charge on any atom is -0.332 e. The second-order valence-electron chi connectivity index (χ2n) is 7.65. The fourth-order valence-electron chi connectivity index (χ4n) is 3.34. The molecular weight excluding hydrogens is 430 g/mol. The van der Waals surface area contributed by atoms with E-state index in [9.17, 15) is 4.79 Å². The van der Waals surface area contributed by atoms with Gasteiger partial charge in [-0.1, -0.05) is 55.8 Å². The molecule has 2 N–H and O–H groups in total. The number of benzene rings is 3. The summed E-state index contributed by atoms with van der Waals surface area (Å²) in [6, 6.07) is 23.5. The molecule has 33 heavy (non-hydrogen) atoms. The van der Waals surface area contributed by atoms with Gasteiger partial charge in [-0.3, -0.25) is 10.1 Å². The number of hydrogen-bond donors (Lipinski definition) is 2. The lowest BCUT2D eigenvalue weighted by atomic mass is 10.1. The number of anilines is 1. The number of fused-ring (bicyclic) bond motifs is 1. The van der Waals surface area contributed by atoms with Gasteiger partial charge in [-0.2, -0.15) is 4.80 Å². The third-order valence-electron chi connectivity index (χ3n) is 5.09. The third-order valence-corrected chi connectivity index (χ3v) is 5.29. The first-order valence-electron chi connectivity index (χ1n) is 10.9. The van der Waals surface area contributed by atoms with Crippen LogP contribution >= 0.6 is 12.2 Å². The van der Waals surface area contributed by atoms with Crippen molar-refractivity contribution in [3.8, 4) is 5.69 Å². The Morgan fingerprint density at radius 2 is 1.76 bits per heavy atom. The molecule has 0 unspecified atom stereocenters. The summed E-state index contributed by atoms with van der Waals surface area (Å²) in [6.45, 7) is 2.19. The summed E-state index contributed by atoms with van der Waals surface area (Å²) in [6.07, 6.45) is 6.63. The number of hydrogen-bond acceptors (Lipinski definition) is 4. The smallest absolute Gasteiger partial charge is 0.250 e. The molecule has 4 aromatic rings. The van der Waals surface area contributed by atoms with Crippen molar-refractivity contribution in [3.63, 3.8) is 0 Å². The summed E-state index contributed by atoms with van der Waals surface area (Å²) in [5, 5.41) is 15.0. The van der Waals surface area contributed by atoms with Crippen LogP contribution in [0.2, 0.25) is 0 Å². The SMILES string of the molecule is CCCCc1ccc(-n2nc3ccc(NC(=S)NC(=O)/C=C/c4ccccc4)cc3n2)cc1. The normalized spacial score (nSPS) is 11.1. The molecule has 0 saturated carbocycles. The molecule has 0 saturated heterocycles. The zero-order valence-corrected chi connectivity index (χ0v) is 19.2. The van der Waals surface area contributed by atoms with Crippen molar-refractivity contribution in [3.05, 3.63) is 90.0 Å². The molecule has 1 aromatic heterocycles. The number of unbranched alkanes of at least 4 members (excludes halogenated alkanes) is 1. The summed E-state index contributed by atoms with van der Waals surface area (Å²) in [5.41, 5.74) is 5.40. The summed E-state index contributed by atoms with van der Waals surface area (Å²) < 4.78 is 0. The van der Waals surface area contributed by atoms with Crippen molar-refractivity contribution in [1.29, 1.82) is 0 Å². The van der Waals surface area contributed by atoms with Gasteiger partial charge in [0.2, 0.25) is 5.91 Å². The van der Waals surface area contributed by atoms with Crippen LogP contribution in [0.15, 0.2) is 78.9 Å². The highest BCUT2D eigenvalue weighted by molar-refractivity contribution is 7.80. The van der Waals surface area contributed by atoms with E-state index < -0.39 is 0 Å². The topological polar surface area (TPSA) is 71.8 Å². The van der Waals surface area contributed by atoms with Gasteiger partial charge < -0.3 is 5.32 Å². The maximum absolute atomic E-state index is 12.1. The molecule has 1 amide bonds. The van der Waals surface area contributed by atoms with Gasteiger partial charge >= 0.3 is 0 Å². The number of thiocarbonyl (C=S) groups is 1. The number of carbonyl (C=O) groups excluding carboxylic acids is 1. The first-order valence-corrected chi connectivity index (χ1v) is 11.3. The molecule has 0 radical (unpaired) electrons. The lowest BCUT2D eigenvalue weighted by molar-refractivity contribution is -0.115. The third kappa shape index (κ3) is 6.11. The predicted molar refractivity (Wildman–Crippen MR) is 137 cm³/mol. The monoisotopic (exact) mass is 455 g/mol. The van der Waals surface area contributed by atoms with Crippen LogP contribution in [0.1, 0.15) is 30.9 Å². The Labute approximate surface area is 198 Å². The standard InChI is InChI=1S/C26H25N5OS/c1-2-3-7-20-10-14-22(15-11-20)31-29-23-16-13-21(18-24(23)30-31)27-26(33)28-25(32)17-12-19-8-5-4-6-9-19/h4-6,8-18H,2-3,7H2,1H3,(H2,27,28,32,33)/b17-12+. The zero-order chi connectivity index (χ0) is 23.0. The van der Waals surface area contributed by atoms with E-state index in [0.29, 0.717) is 0 Å². The summed E-state index contributed by atoms with van der Waals surface area (Å²) >= 11 is 5.27. The van der Waals surface area contributed by atoms with E-state index in [1.54, 1.807) is 10.9 Å². The van der Waals surface area contributed by atoms with Gasteiger partial charge in [0.15, 0.2) is 5.11 Å². The van der Waals surface area contributed by atoms with E-state index in [4.69, 9.17) is 12.2 Å². The molecule has 0 aliphatic heterocycles. The average Bonchev–Trinajstić information content (AvgIpc) is 3.26. The van der Waals surface area contributed by atoms with E-state index in [2.05, 4.69) is 39.9 Å². The minimum absolute atomic E-state index is 0.215. The van der Waals surface area contributed by atoms with Crippen LogP contribution in [0.25, 0.3) is 22.8 Å². The van der Waals surface area contributed by atoms with Crippen LogP contribution in [0.3, 0.4) is 0 Å². The van der Waals surface area contributed by atoms with E-state index in [-0.39, 0.29) is 11.0 Å². The fourth-order valence-corrected chi connectivity index (χ4v) is 3.56. The van der Waals surface area contributed by atoms with Gasteiger partial charge in [0.05, 0.1) is 5.69 Å². The number of carbonyl (C=O) groups is 1. The molecule has 6 nitrogen and oxygen atoms in total. The van der Waals surface area contributed by atoms with E-state index in [1.165, 1.54) is 24.5 Å². The fraction of sp³-hybridized carbons (Fsp3) is 0.154. The van der Waals surface area contributed by atoms with Crippen molar-refractivity contribution >= 4 is 46.0 Å². The van der Waals surface area contributed by atoms with Gasteiger partial charge in [-0.05, 0) is 72.6 Å². The van der Waals surface area contributed by atoms with Gasteiger partial charge in [0, 0.05) is 11.8 Å². The van der Waals surface area contributed by atoms with Gasteiger partial charge in [-0.25, -0.2) is 0 Å². The quantitative estimate of drug-likeness (QED) is 0.293. The number of aryl methyl sites for hydroxylation is 1. The zero-order valence-electron chi connectivity index (χ0n) is 18.4. The number of nitrogens with one attached hydrogen (secondary N) is 2. The largest absolute Gasteiger partial charge is 0.332 e. The number of amides is 1. The molecule has 0 aliphatic rings. The number of nitrogens with zero attached hydrogens (tertiary/aromatic N) is 3. The van der Waals surface area contributed by atoms with Crippen molar-refractivity contribution in [2.24, 2.45) is 0 Å². The van der Waals surface area contributed by atoms with Crippen molar-refractivity contribution in [1.82, 2.24) is 20.3 Å². The number of aromatic nitrogens is 3. The van der Waals surface area contributed by atoms with Crippen molar-refractivity contribution in [2.75, 3.05) is 5.32 Å². The van der Waals surface area contributed by atoms with E-state index in [1.807, 2.05) is 60.7 Å². The first kappa shape index (κ1) is 22.4. The van der Waals surface area contributed by atoms with E-state index >= 15 is 0 Å². The van der Waals surface area contributed by atoms with Crippen LogP contribution in [0, 0.1) is 0 Å². The highest BCUT2D eigenvalue weighted by Crippen LogP contribution is 2.18. The molecule has 0 fully saturated rings. The predicted octanol–water partition coefficient (Wildman–Crippen LogP) is 5.29. The van der Waals surface area contributed by atoms with E-state index in [0.717, 1.165) is 34.4 Å². The Morgan fingerprint density at radius 1 is 1.00 bits per heavy atom. The lowest BCUT2D eigenvalue weighted by Crippen LogP contribution is -2.32. The second-order valence-corrected chi connectivity index (χ2v) is 8.06. The Balaban J connectivity index is 1.39. The average molecular weight is 456 g/mol. The molecule has 4 rings (SSSR count). The molecule has 1 heterocycles. The molecule has 0 bridgehead atoms. The van der Waals surface area contributed by atoms with Crippen LogP contribution < -0.4 is 10.6 Å². The highest BCUT2D eigenvalue weighted by Gasteiger charge is 2.08. The molecular formula is C26H25N5OS. The number of rotatable bonds is 7. The second kappa shape index (κ2) is 10.7.